The van der Waals surface area contributed by atoms with E-state index in [2.05, 4.69) is 41.2 Å². The van der Waals surface area contributed by atoms with E-state index in [0.717, 1.165) is 12.2 Å². The zero-order valence-corrected chi connectivity index (χ0v) is 9.76. The van der Waals surface area contributed by atoms with Gasteiger partial charge in [0.25, 0.3) is 0 Å². The molecule has 0 bridgehead atoms. The first kappa shape index (κ1) is 11.4. The monoisotopic (exact) mass is 231 g/mol. The number of anilines is 1. The minimum atomic E-state index is 0.537. The van der Waals surface area contributed by atoms with Gasteiger partial charge in [-0.1, -0.05) is 17.7 Å². The molecule has 5 nitrogen and oxygen atoms in total. The summed E-state index contributed by atoms with van der Waals surface area (Å²) < 4.78 is 0. The Morgan fingerprint density at radius 1 is 1.29 bits per heavy atom. The minimum Gasteiger partial charge on any atom is -0.362 e. The number of hydrazone groups is 1. The minimum absolute atomic E-state index is 0.537. The topological polar surface area (TPSA) is 61.9 Å². The summed E-state index contributed by atoms with van der Waals surface area (Å²) in [5.41, 5.74) is 2.34. The molecule has 89 valence electrons. The van der Waals surface area contributed by atoms with E-state index in [0.29, 0.717) is 18.9 Å². The lowest BCUT2D eigenvalue weighted by molar-refractivity contribution is 0.467. The Labute approximate surface area is 101 Å². The Morgan fingerprint density at radius 2 is 2.00 bits per heavy atom. The van der Waals surface area contributed by atoms with Crippen LogP contribution in [0.15, 0.2) is 29.4 Å². The van der Waals surface area contributed by atoms with E-state index >= 15 is 0 Å². The maximum Gasteiger partial charge on any atom is 0.317 e. The number of aryl methyl sites for hydroxylation is 1. The third kappa shape index (κ3) is 2.38. The van der Waals surface area contributed by atoms with Gasteiger partial charge in [0.1, 0.15) is 0 Å². The highest BCUT2D eigenvalue weighted by atomic mass is 16.1. The van der Waals surface area contributed by atoms with Gasteiger partial charge < -0.3 is 10.7 Å². The highest BCUT2D eigenvalue weighted by molar-refractivity contribution is 5.95. The molecule has 2 N–H and O–H groups in total. The maximum atomic E-state index is 10.7. The Hall–Kier alpha value is -2.04. The molecule has 1 radical (unpaired) electrons. The molecule has 1 heterocycles. The molecule has 1 saturated heterocycles. The van der Waals surface area contributed by atoms with Crippen molar-refractivity contribution in [1.29, 1.82) is 0 Å². The number of rotatable bonds is 2. The van der Waals surface area contributed by atoms with Gasteiger partial charge in [-0.15, -0.1) is 0 Å². The first-order valence-electron chi connectivity index (χ1n) is 5.48. The predicted octanol–water partition coefficient (Wildman–Crippen LogP) is 0.456. The lowest BCUT2D eigenvalue weighted by Crippen LogP contribution is -2.50. The van der Waals surface area contributed by atoms with Crippen molar-refractivity contribution in [3.05, 3.63) is 29.8 Å². The Bertz CT molecular complexity index is 427. The van der Waals surface area contributed by atoms with Gasteiger partial charge >= 0.3 is 6.41 Å². The number of benzene rings is 1. The molecule has 0 spiro atoms. The lowest BCUT2D eigenvalue weighted by atomic mass is 10.2. The van der Waals surface area contributed by atoms with Crippen LogP contribution in [-0.4, -0.2) is 36.8 Å². The molecule has 1 fully saturated rings. The fourth-order valence-electron chi connectivity index (χ4n) is 1.87. The van der Waals surface area contributed by atoms with E-state index in [1.807, 2.05) is 6.41 Å². The van der Waals surface area contributed by atoms with E-state index in [9.17, 15) is 4.79 Å². The molecule has 0 aromatic heterocycles. The number of amides is 1. The predicted molar refractivity (Wildman–Crippen MR) is 67.4 cm³/mol. The summed E-state index contributed by atoms with van der Waals surface area (Å²) in [5, 5.41) is 3.63. The average Bonchev–Trinajstić information content (AvgIpc) is 2.39. The summed E-state index contributed by atoms with van der Waals surface area (Å²) in [7, 11) is 0. The highest BCUT2D eigenvalue weighted by Crippen LogP contribution is 2.17. The number of amidine groups is 1. The van der Waals surface area contributed by atoms with Gasteiger partial charge in [-0.3, -0.25) is 9.69 Å². The number of nitrogens with zero attached hydrogens (tertiary/aromatic N) is 3. The molecule has 17 heavy (non-hydrogen) atoms. The van der Waals surface area contributed by atoms with Crippen molar-refractivity contribution in [1.82, 2.24) is 4.90 Å². The van der Waals surface area contributed by atoms with Crippen molar-refractivity contribution in [2.45, 2.75) is 6.92 Å². The fraction of sp³-hybridized carbons (Fsp3) is 0.333. The van der Waals surface area contributed by atoms with E-state index in [4.69, 9.17) is 5.84 Å². The van der Waals surface area contributed by atoms with Crippen molar-refractivity contribution in [3.8, 4) is 0 Å². The third-order valence-electron chi connectivity index (χ3n) is 2.90. The van der Waals surface area contributed by atoms with Gasteiger partial charge in [-0.25, -0.2) is 0 Å². The third-order valence-corrected chi connectivity index (χ3v) is 2.90. The summed E-state index contributed by atoms with van der Waals surface area (Å²) in [6.07, 6.45) is 1.83. The average molecular weight is 231 g/mol. The second-order valence-electron chi connectivity index (χ2n) is 4.05. The van der Waals surface area contributed by atoms with E-state index in [1.165, 1.54) is 10.5 Å². The Morgan fingerprint density at radius 3 is 2.59 bits per heavy atom. The van der Waals surface area contributed by atoms with Crippen molar-refractivity contribution in [2.24, 2.45) is 10.9 Å². The molecule has 1 amide bonds. The Kier molecular flexibility index (Phi) is 3.27. The molecular formula is C12H15N4O. The molecule has 1 aliphatic heterocycles. The normalized spacial score (nSPS) is 18.5. The van der Waals surface area contributed by atoms with E-state index in [-0.39, 0.29) is 0 Å². The zero-order chi connectivity index (χ0) is 12.3. The van der Waals surface area contributed by atoms with Gasteiger partial charge in [-0.2, -0.15) is 5.10 Å². The summed E-state index contributed by atoms with van der Waals surface area (Å²) in [4.78, 5) is 14.2. The van der Waals surface area contributed by atoms with Crippen LogP contribution in [0.25, 0.3) is 0 Å². The summed E-state index contributed by atoms with van der Waals surface area (Å²) in [5.74, 6) is 5.82. The van der Waals surface area contributed by atoms with Gasteiger partial charge in [0, 0.05) is 18.8 Å². The van der Waals surface area contributed by atoms with Crippen LogP contribution in [0.3, 0.4) is 0 Å². The van der Waals surface area contributed by atoms with Gasteiger partial charge in [0.15, 0.2) is 5.84 Å². The number of piperazine rings is 1. The molecule has 5 heteroatoms. The van der Waals surface area contributed by atoms with Crippen molar-refractivity contribution >= 4 is 17.9 Å². The SMILES string of the molecule is Cc1ccc(N2CCN([C]=O)C(=NN)C2)cc1. The number of carbonyl (C=O) groups excluding carboxylic acids is 1. The molecule has 0 atom stereocenters. The van der Waals surface area contributed by atoms with Crippen LogP contribution in [0.4, 0.5) is 5.69 Å². The van der Waals surface area contributed by atoms with Gasteiger partial charge in [0.2, 0.25) is 0 Å². The van der Waals surface area contributed by atoms with Crippen LogP contribution in [0.2, 0.25) is 0 Å². The van der Waals surface area contributed by atoms with Gasteiger partial charge in [-0.05, 0) is 19.1 Å². The first-order chi connectivity index (χ1) is 8.24. The number of nitrogens with two attached hydrogens (primary N) is 1. The first-order valence-corrected chi connectivity index (χ1v) is 5.48. The van der Waals surface area contributed by atoms with Crippen LogP contribution in [0, 0.1) is 6.92 Å². The van der Waals surface area contributed by atoms with Gasteiger partial charge in [0.05, 0.1) is 6.54 Å². The molecule has 0 aliphatic carbocycles. The van der Waals surface area contributed by atoms with Crippen molar-refractivity contribution in [2.75, 3.05) is 24.5 Å². The lowest BCUT2D eigenvalue weighted by Gasteiger charge is -2.34. The summed E-state index contributed by atoms with van der Waals surface area (Å²) in [6.45, 7) is 3.91. The van der Waals surface area contributed by atoms with Crippen molar-refractivity contribution in [3.63, 3.8) is 0 Å². The molecule has 1 aromatic carbocycles. The van der Waals surface area contributed by atoms with Crippen molar-refractivity contribution < 1.29 is 4.79 Å². The number of hydrogen-bond donors (Lipinski definition) is 1. The second kappa shape index (κ2) is 4.86. The van der Waals surface area contributed by atoms with Crippen LogP contribution >= 0.6 is 0 Å². The van der Waals surface area contributed by atoms with E-state index < -0.39 is 0 Å². The summed E-state index contributed by atoms with van der Waals surface area (Å²) in [6, 6.07) is 8.24. The molecule has 0 unspecified atom stereocenters. The summed E-state index contributed by atoms with van der Waals surface area (Å²) >= 11 is 0. The zero-order valence-electron chi connectivity index (χ0n) is 9.76. The number of hydrogen-bond acceptors (Lipinski definition) is 4. The van der Waals surface area contributed by atoms with Crippen LogP contribution in [0.5, 0.6) is 0 Å². The van der Waals surface area contributed by atoms with Crippen LogP contribution in [0.1, 0.15) is 5.56 Å². The molecule has 1 aromatic rings. The molecule has 0 saturated carbocycles. The fourth-order valence-corrected chi connectivity index (χ4v) is 1.87. The second-order valence-corrected chi connectivity index (χ2v) is 4.05. The standard InChI is InChI=1S/C12H15N4O/c1-10-2-4-11(5-3-10)15-6-7-16(9-17)12(8-15)14-13/h2-5H,6-8,13H2,1H3. The molecule has 2 rings (SSSR count). The molecule has 1 aliphatic rings. The largest absolute Gasteiger partial charge is 0.362 e. The Balaban J connectivity index is 2.14. The smallest absolute Gasteiger partial charge is 0.317 e. The van der Waals surface area contributed by atoms with E-state index in [1.54, 1.807) is 0 Å². The molecular weight excluding hydrogens is 216 g/mol. The quantitative estimate of drug-likeness (QED) is 0.594. The van der Waals surface area contributed by atoms with Crippen LogP contribution < -0.4 is 10.7 Å². The maximum absolute atomic E-state index is 10.7. The van der Waals surface area contributed by atoms with Crippen LogP contribution in [-0.2, 0) is 4.79 Å². The highest BCUT2D eigenvalue weighted by Gasteiger charge is 2.22.